The smallest absolute Gasteiger partial charge is 1.00 e. The first-order valence-electron chi connectivity index (χ1n) is 33.2. The standard InChI is InChI=1S/C26H26OP.C18H15P.C13H13ClO2.C11H9ClO2.C8H11ClO.C5H3ClO2.4CO2.CH3O.ClH.K/c1-3-22-19-23(27-21(22)2)20-28(24-13-7-4-8-14-24,25-15-9-5-10-16-25)26-17-11-6-12-18-26;1-4-10-16(11-5-1)19(17-12-6-2-7-13-17)18-14-8-3-9-15-18;1-3-10-8-12(15-9(10)2)5-4-11-6-7-13(14)16-11;1-8-2-3-9(13-8)4-5-10-6-7-11(12)14-10;1-3-7-4-8(5-9)10-6(7)2;6-5-2-1-4(3-7)8-5;4*2-1-3;1-2;;/h4-19H,3,20H2,1-2H3;1-15H;4-8H,3H2,1-2H3;2-7H,1H3;4H,3,5H2,1-2H3;1-3H;;;;;1H3;1H;/q+1;;;;;;;;;;-1;;+1/p-1/b;;2*5-4+;;;;;;;;;. The second-order valence-corrected chi connectivity index (χ2v) is 28.9. The maximum atomic E-state index is 9.87. The molecular formula is C86H80Cl5KO17P2. The van der Waals surface area contributed by atoms with E-state index in [1.165, 1.54) is 60.7 Å². The molecular weight excluding hydrogens is 1580 g/mol. The van der Waals surface area contributed by atoms with Gasteiger partial charge < -0.3 is 48.4 Å². The molecule has 0 unspecified atom stereocenters. The summed E-state index contributed by atoms with van der Waals surface area (Å²) >= 11 is 22.2. The first-order valence-corrected chi connectivity index (χ1v) is 38.2. The van der Waals surface area contributed by atoms with Crippen molar-refractivity contribution in [1.82, 2.24) is 0 Å². The SMILES string of the molecule is CCc1cc(/C=C/c2ccc(Cl)o2)oc1C.CCc1cc(CCl)oc1C.CCc1cc(C[P+](c2ccccc2)(c2ccccc2)c2ccccc2)oc1C.C[O-].Cc1ccc(/C=C/c2ccc(Cl)o2)o1.O=C=O.O=C=O.O=C=O.O=C=O.O=Cc1ccc(Cl)o1.[Cl-].[K+].c1ccc(P(c2ccccc2)c2ccccc2)cc1. The van der Waals surface area contributed by atoms with Crippen LogP contribution < -0.4 is 101 Å². The van der Waals surface area contributed by atoms with Gasteiger partial charge in [-0.3, -0.25) is 4.79 Å². The third-order valence-corrected chi connectivity index (χ3v) is 22.6. The van der Waals surface area contributed by atoms with Gasteiger partial charge in [0.15, 0.2) is 27.7 Å². The molecule has 0 aliphatic carbocycles. The third-order valence-electron chi connectivity index (χ3n) is 15.0. The first-order chi connectivity index (χ1) is 52.9. The van der Waals surface area contributed by atoms with Gasteiger partial charge in [-0.15, -0.1) is 11.6 Å². The van der Waals surface area contributed by atoms with E-state index in [9.17, 15) is 4.79 Å². The fourth-order valence-electron chi connectivity index (χ4n) is 10.3. The van der Waals surface area contributed by atoms with Crippen molar-refractivity contribution in [3.63, 3.8) is 0 Å². The van der Waals surface area contributed by atoms with Crippen LogP contribution in [0.4, 0.5) is 0 Å². The minimum absolute atomic E-state index is 0. The molecule has 7 aromatic heterocycles. The normalized spacial score (nSPS) is 9.71. The number of carbonyl (C=O) groups excluding carboxylic acids is 9. The molecule has 0 aliphatic heterocycles. The van der Waals surface area contributed by atoms with E-state index in [2.05, 4.69) is 220 Å². The number of carbonyl (C=O) groups is 1. The van der Waals surface area contributed by atoms with Gasteiger partial charge >= 0.3 is 76.0 Å². The number of furan rings is 7. The van der Waals surface area contributed by atoms with Crippen molar-refractivity contribution < 1.29 is 143 Å². The fraction of sp³-hybridized carbons (Fsp3) is 0.151. The molecule has 111 heavy (non-hydrogen) atoms. The summed E-state index contributed by atoms with van der Waals surface area (Å²) in [6, 6.07) is 85.4. The number of alkyl halides is 1. The average molecular weight is 1660 g/mol. The summed E-state index contributed by atoms with van der Waals surface area (Å²) in [6.07, 6.45) is 12.9. The van der Waals surface area contributed by atoms with E-state index in [1.54, 1.807) is 18.2 Å². The Kier molecular flexibility index (Phi) is 52.8. The molecule has 7 heterocycles. The number of rotatable bonds is 17. The molecule has 0 fully saturated rings. The van der Waals surface area contributed by atoms with Crippen molar-refractivity contribution in [3.8, 4) is 0 Å². The molecule has 0 saturated carbocycles. The maximum absolute atomic E-state index is 9.87. The van der Waals surface area contributed by atoms with Gasteiger partial charge in [-0.1, -0.05) is 166 Å². The Morgan fingerprint density at radius 1 is 0.369 bits per heavy atom. The van der Waals surface area contributed by atoms with Crippen LogP contribution in [0.2, 0.25) is 15.7 Å². The Hall–Kier alpha value is -9.14. The number of hydrogen-bond acceptors (Lipinski definition) is 17. The minimum Gasteiger partial charge on any atom is -1.00 e. The Morgan fingerprint density at radius 2 is 0.649 bits per heavy atom. The van der Waals surface area contributed by atoms with Gasteiger partial charge in [0, 0.05) is 0 Å². The van der Waals surface area contributed by atoms with Crippen molar-refractivity contribution in [1.29, 1.82) is 0 Å². The summed E-state index contributed by atoms with van der Waals surface area (Å²) in [6.45, 7) is 14.3. The van der Waals surface area contributed by atoms with Crippen LogP contribution in [0.3, 0.4) is 0 Å². The van der Waals surface area contributed by atoms with E-state index in [0.717, 1.165) is 84.4 Å². The van der Waals surface area contributed by atoms with E-state index in [4.69, 9.17) is 116 Å². The molecule has 6 aromatic carbocycles. The molecule has 0 bridgehead atoms. The second-order valence-electron chi connectivity index (χ2n) is 21.8. The van der Waals surface area contributed by atoms with E-state index >= 15 is 0 Å². The van der Waals surface area contributed by atoms with Gasteiger partial charge in [0.2, 0.25) is 0 Å². The van der Waals surface area contributed by atoms with Gasteiger partial charge in [-0.05, 0) is 250 Å². The van der Waals surface area contributed by atoms with Crippen molar-refractivity contribution in [2.75, 3.05) is 7.11 Å². The minimum atomic E-state index is -1.89. The van der Waals surface area contributed by atoms with Crippen molar-refractivity contribution in [3.05, 3.63) is 344 Å². The van der Waals surface area contributed by atoms with Crippen LogP contribution in [0.15, 0.2) is 280 Å². The molecule has 25 heteroatoms. The Balaban J connectivity index is 0.000000663. The van der Waals surface area contributed by atoms with Crippen LogP contribution in [-0.4, -0.2) is 38.0 Å². The van der Waals surface area contributed by atoms with Crippen molar-refractivity contribution in [2.45, 2.75) is 79.8 Å². The summed E-state index contributed by atoms with van der Waals surface area (Å²) in [5.41, 5.74) is 3.80. The number of aldehydes is 1. The van der Waals surface area contributed by atoms with E-state index in [1.807, 2.05) is 75.4 Å². The molecule has 0 N–H and O–H groups in total. The molecule has 572 valence electrons. The molecule has 0 saturated heterocycles. The number of benzene rings is 6. The number of aryl methyl sites for hydroxylation is 7. The quantitative estimate of drug-likeness (QED) is 0.0355. The molecule has 17 nitrogen and oxygen atoms in total. The predicted molar refractivity (Wildman–Crippen MR) is 426 cm³/mol. The maximum Gasteiger partial charge on any atom is 1.00 e. The molecule has 13 rings (SSSR count). The second kappa shape index (κ2) is 58.7. The van der Waals surface area contributed by atoms with Crippen LogP contribution >= 0.6 is 61.6 Å². The molecule has 0 amide bonds. The Labute approximate surface area is 716 Å². The molecule has 0 aliphatic rings. The summed E-state index contributed by atoms with van der Waals surface area (Å²) in [7, 11) is -1.58. The summed E-state index contributed by atoms with van der Waals surface area (Å²) in [5.74, 6) is 9.66. The van der Waals surface area contributed by atoms with Gasteiger partial charge in [-0.2, -0.15) is 45.5 Å². The number of halogens is 5. The zero-order valence-corrected chi connectivity index (χ0v) is 71.0. The van der Waals surface area contributed by atoms with Crippen LogP contribution in [0, 0.1) is 27.7 Å². The predicted octanol–water partition coefficient (Wildman–Crippen LogP) is 12.9. The zero-order chi connectivity index (χ0) is 80.2. The summed E-state index contributed by atoms with van der Waals surface area (Å²) in [4.78, 5) is 74.9. The summed E-state index contributed by atoms with van der Waals surface area (Å²) < 4.78 is 37.5. The number of hydrogen-bond donors (Lipinski definition) is 0. The van der Waals surface area contributed by atoms with Gasteiger partial charge in [0.1, 0.15) is 86.9 Å². The van der Waals surface area contributed by atoms with Crippen LogP contribution in [0.25, 0.3) is 24.3 Å². The van der Waals surface area contributed by atoms with Gasteiger partial charge in [-0.25, -0.2) is 0 Å². The Bertz CT molecular complexity index is 4570. The monoisotopic (exact) mass is 1660 g/mol. The average Bonchev–Trinajstić information content (AvgIpc) is 1.61. The first kappa shape index (κ1) is 99.9. The van der Waals surface area contributed by atoms with Gasteiger partial charge in [0.25, 0.3) is 0 Å². The summed E-state index contributed by atoms with van der Waals surface area (Å²) in [5, 5.41) is 17.6. The topological polar surface area (TPSA) is 269 Å². The van der Waals surface area contributed by atoms with Crippen LogP contribution in [0.1, 0.15) is 106 Å². The fourth-order valence-corrected chi connectivity index (χ4v) is 17.3. The van der Waals surface area contributed by atoms with Crippen molar-refractivity contribution in [2.24, 2.45) is 0 Å². The Morgan fingerprint density at radius 3 is 0.910 bits per heavy atom. The molecule has 0 atom stereocenters. The largest absolute Gasteiger partial charge is 1.00 e. The van der Waals surface area contributed by atoms with E-state index < -0.39 is 15.2 Å². The molecule has 0 spiro atoms. The van der Waals surface area contributed by atoms with Crippen LogP contribution in [-0.2, 0) is 69.7 Å². The molecule has 13 aromatic rings. The van der Waals surface area contributed by atoms with Crippen LogP contribution in [0.5, 0.6) is 0 Å². The van der Waals surface area contributed by atoms with E-state index in [0.29, 0.717) is 28.4 Å². The third kappa shape index (κ3) is 35.8. The zero-order valence-electron chi connectivity index (χ0n) is 62.3. The van der Waals surface area contributed by atoms with Crippen molar-refractivity contribution >= 4 is 149 Å². The molecule has 0 radical (unpaired) electrons. The van der Waals surface area contributed by atoms with Gasteiger partial charge in [0.05, 0.1) is 5.88 Å². The van der Waals surface area contributed by atoms with E-state index in [-0.39, 0.29) is 99.4 Å².